The highest BCUT2D eigenvalue weighted by Gasteiger charge is 2.34. The smallest absolute Gasteiger partial charge is 0.243 e. The number of hydrogen-bond acceptors (Lipinski definition) is 5. The van der Waals surface area contributed by atoms with Gasteiger partial charge in [-0.15, -0.1) is 0 Å². The normalized spacial score (nSPS) is 16.4. The number of nitrogens with zero attached hydrogens (tertiary/aromatic N) is 4. The van der Waals surface area contributed by atoms with Gasteiger partial charge in [0.15, 0.2) is 0 Å². The summed E-state index contributed by atoms with van der Waals surface area (Å²) in [5.74, 6) is -0.240. The Bertz CT molecular complexity index is 1240. The van der Waals surface area contributed by atoms with E-state index >= 15 is 0 Å². The number of aryl methyl sites for hydroxylation is 3. The third kappa shape index (κ3) is 4.90. The number of benzene rings is 2. The fraction of sp³-hybridized carbons (Fsp3) is 0.400. The number of carbonyl (C=O) groups excluding carboxylic acids is 1. The Hall–Kier alpha value is -3.04. The Morgan fingerprint density at radius 1 is 1.06 bits per heavy atom. The van der Waals surface area contributed by atoms with E-state index in [2.05, 4.69) is 15.4 Å². The van der Waals surface area contributed by atoms with Crippen molar-refractivity contribution in [3.8, 4) is 5.69 Å². The number of hydrogen-bond donors (Lipinski definition) is 1. The summed E-state index contributed by atoms with van der Waals surface area (Å²) in [6, 6.07) is 11.4. The first-order chi connectivity index (χ1) is 16.2. The topological polar surface area (TPSA) is 97.2 Å². The van der Waals surface area contributed by atoms with Crippen LogP contribution in [0.1, 0.15) is 48.1 Å². The van der Waals surface area contributed by atoms with Gasteiger partial charge in [0.25, 0.3) is 0 Å². The second-order valence-electron chi connectivity index (χ2n) is 9.07. The van der Waals surface area contributed by atoms with E-state index < -0.39 is 10.0 Å². The molecule has 0 bridgehead atoms. The summed E-state index contributed by atoms with van der Waals surface area (Å²) >= 11 is 0. The Morgan fingerprint density at radius 2 is 1.68 bits per heavy atom. The average Bonchev–Trinajstić information content (AvgIpc) is 3.33. The van der Waals surface area contributed by atoms with Crippen LogP contribution in [-0.2, 0) is 14.8 Å². The molecule has 1 fully saturated rings. The fourth-order valence-corrected chi connectivity index (χ4v) is 6.61. The van der Waals surface area contributed by atoms with Gasteiger partial charge in [0.2, 0.25) is 15.9 Å². The Kier molecular flexibility index (Phi) is 6.86. The van der Waals surface area contributed by atoms with Crippen molar-refractivity contribution in [3.63, 3.8) is 0 Å². The molecule has 1 aliphatic heterocycles. The molecule has 2 heterocycles. The first-order valence-electron chi connectivity index (χ1n) is 11.5. The van der Waals surface area contributed by atoms with Crippen LogP contribution in [0.2, 0.25) is 0 Å². The molecule has 0 saturated carbocycles. The molecule has 3 aromatic rings. The predicted molar refractivity (Wildman–Crippen MR) is 130 cm³/mol. The summed E-state index contributed by atoms with van der Waals surface area (Å²) in [4.78, 5) is 17.2. The van der Waals surface area contributed by atoms with Gasteiger partial charge >= 0.3 is 0 Å². The van der Waals surface area contributed by atoms with Crippen LogP contribution in [0.5, 0.6) is 0 Å². The van der Waals surface area contributed by atoms with Crippen LogP contribution in [0.3, 0.4) is 0 Å². The zero-order valence-corrected chi connectivity index (χ0v) is 20.8. The third-order valence-electron chi connectivity index (χ3n) is 6.46. The highest BCUT2D eigenvalue weighted by Crippen LogP contribution is 2.29. The molecule has 1 aliphatic rings. The van der Waals surface area contributed by atoms with Crippen molar-refractivity contribution in [2.45, 2.75) is 51.5 Å². The second-order valence-corrected chi connectivity index (χ2v) is 10.9. The van der Waals surface area contributed by atoms with E-state index in [1.54, 1.807) is 11.0 Å². The van der Waals surface area contributed by atoms with Crippen molar-refractivity contribution in [2.24, 2.45) is 5.92 Å². The van der Waals surface area contributed by atoms with E-state index in [0.717, 1.165) is 27.9 Å². The van der Waals surface area contributed by atoms with Crippen LogP contribution >= 0.6 is 0 Å². The molecule has 180 valence electrons. The minimum Gasteiger partial charge on any atom is -0.349 e. The number of amides is 1. The SMILES string of the molecule is Cc1cc(C)c(S(=O)(=O)N2CCC(C(=O)NC(C)c3ccc(-n4cncn4)cc3)CC2)c(C)c1. The van der Waals surface area contributed by atoms with E-state index in [1.165, 1.54) is 10.6 Å². The lowest BCUT2D eigenvalue weighted by atomic mass is 9.96. The van der Waals surface area contributed by atoms with Gasteiger partial charge in [-0.05, 0) is 69.4 Å². The number of sulfonamides is 1. The molecular formula is C25H31N5O3S. The summed E-state index contributed by atoms with van der Waals surface area (Å²) < 4.78 is 29.8. The zero-order chi connectivity index (χ0) is 24.5. The maximum absolute atomic E-state index is 13.3. The first kappa shape index (κ1) is 24.1. The second kappa shape index (κ2) is 9.68. The summed E-state index contributed by atoms with van der Waals surface area (Å²) in [7, 11) is -3.59. The molecule has 8 nitrogen and oxygen atoms in total. The summed E-state index contributed by atoms with van der Waals surface area (Å²) in [5.41, 5.74) is 4.46. The standard InChI is InChI=1S/C25H31N5O3S/c1-17-13-18(2)24(19(3)14-17)34(32,33)29-11-9-22(10-12-29)25(31)28-20(4)21-5-7-23(8-6-21)30-16-26-15-27-30/h5-8,13-16,20,22H,9-12H2,1-4H3,(H,28,31). The molecule has 2 aromatic carbocycles. The predicted octanol–water partition coefficient (Wildman–Crippen LogP) is 3.47. The molecule has 1 amide bonds. The van der Waals surface area contributed by atoms with Crippen LogP contribution < -0.4 is 5.32 Å². The summed E-state index contributed by atoms with van der Waals surface area (Å²) in [6.45, 7) is 8.28. The van der Waals surface area contributed by atoms with E-state index in [9.17, 15) is 13.2 Å². The maximum Gasteiger partial charge on any atom is 0.243 e. The van der Waals surface area contributed by atoms with E-state index in [1.807, 2.05) is 64.1 Å². The summed E-state index contributed by atoms with van der Waals surface area (Å²) in [6.07, 6.45) is 4.13. The first-order valence-corrected chi connectivity index (χ1v) is 12.9. The van der Waals surface area contributed by atoms with Crippen molar-refractivity contribution in [3.05, 3.63) is 71.3 Å². The molecule has 4 rings (SSSR count). The van der Waals surface area contributed by atoms with Gasteiger partial charge < -0.3 is 5.32 Å². The fourth-order valence-electron chi connectivity index (χ4n) is 4.73. The lowest BCUT2D eigenvalue weighted by Gasteiger charge is -2.32. The van der Waals surface area contributed by atoms with Gasteiger partial charge in [0, 0.05) is 19.0 Å². The number of piperidine rings is 1. The lowest BCUT2D eigenvalue weighted by molar-refractivity contribution is -0.126. The molecule has 1 aromatic heterocycles. The zero-order valence-electron chi connectivity index (χ0n) is 20.0. The quantitative estimate of drug-likeness (QED) is 0.581. The molecular weight excluding hydrogens is 450 g/mol. The van der Waals surface area contributed by atoms with Crippen molar-refractivity contribution < 1.29 is 13.2 Å². The lowest BCUT2D eigenvalue weighted by Crippen LogP contribution is -2.43. The van der Waals surface area contributed by atoms with Gasteiger partial charge in [-0.1, -0.05) is 29.8 Å². The molecule has 1 saturated heterocycles. The van der Waals surface area contributed by atoms with Crippen molar-refractivity contribution in [1.82, 2.24) is 24.4 Å². The van der Waals surface area contributed by atoms with Crippen LogP contribution in [0.4, 0.5) is 0 Å². The van der Waals surface area contributed by atoms with Crippen molar-refractivity contribution in [2.75, 3.05) is 13.1 Å². The molecule has 0 spiro atoms. The van der Waals surface area contributed by atoms with E-state index in [4.69, 9.17) is 0 Å². The van der Waals surface area contributed by atoms with Gasteiger partial charge in [-0.3, -0.25) is 4.79 Å². The highest BCUT2D eigenvalue weighted by atomic mass is 32.2. The molecule has 1 atom stereocenters. The minimum atomic E-state index is -3.59. The molecule has 0 aliphatic carbocycles. The monoisotopic (exact) mass is 481 g/mol. The highest BCUT2D eigenvalue weighted by molar-refractivity contribution is 7.89. The number of rotatable bonds is 6. The van der Waals surface area contributed by atoms with E-state index in [-0.39, 0.29) is 17.9 Å². The number of aromatic nitrogens is 3. The minimum absolute atomic E-state index is 0.0346. The van der Waals surface area contributed by atoms with Crippen molar-refractivity contribution >= 4 is 15.9 Å². The van der Waals surface area contributed by atoms with Crippen LogP contribution in [0, 0.1) is 26.7 Å². The third-order valence-corrected chi connectivity index (χ3v) is 8.67. The average molecular weight is 482 g/mol. The van der Waals surface area contributed by atoms with Gasteiger partial charge in [0.05, 0.1) is 16.6 Å². The number of carbonyl (C=O) groups is 1. The largest absolute Gasteiger partial charge is 0.349 e. The molecule has 34 heavy (non-hydrogen) atoms. The molecule has 1 N–H and O–H groups in total. The molecule has 1 unspecified atom stereocenters. The molecule has 9 heteroatoms. The van der Waals surface area contributed by atoms with Crippen LogP contribution in [0.15, 0.2) is 53.9 Å². The molecule has 0 radical (unpaired) electrons. The van der Waals surface area contributed by atoms with Crippen LogP contribution in [-0.4, -0.2) is 46.5 Å². The van der Waals surface area contributed by atoms with Gasteiger partial charge in [0.1, 0.15) is 12.7 Å². The van der Waals surface area contributed by atoms with E-state index in [0.29, 0.717) is 30.8 Å². The Morgan fingerprint density at radius 3 is 2.24 bits per heavy atom. The van der Waals surface area contributed by atoms with Crippen molar-refractivity contribution in [1.29, 1.82) is 0 Å². The van der Waals surface area contributed by atoms with Gasteiger partial charge in [-0.25, -0.2) is 18.1 Å². The number of nitrogens with one attached hydrogen (secondary N) is 1. The maximum atomic E-state index is 13.3. The van der Waals surface area contributed by atoms with Crippen LogP contribution in [0.25, 0.3) is 5.69 Å². The Balaban J connectivity index is 1.36. The van der Waals surface area contributed by atoms with Gasteiger partial charge in [-0.2, -0.15) is 9.40 Å². The summed E-state index contributed by atoms with van der Waals surface area (Å²) in [5, 5.41) is 7.20. The Labute approximate surface area is 201 Å².